The Morgan fingerprint density at radius 1 is 1.29 bits per heavy atom. The summed E-state index contributed by atoms with van der Waals surface area (Å²) in [7, 11) is 1.55. The minimum atomic E-state index is -0.393. The third-order valence-corrected chi connectivity index (χ3v) is 2.27. The summed E-state index contributed by atoms with van der Waals surface area (Å²) >= 11 is 0. The molecule has 2 heteroatoms. The molecule has 0 heterocycles. The van der Waals surface area contributed by atoms with Crippen LogP contribution in [0, 0.1) is 5.41 Å². The van der Waals surface area contributed by atoms with Gasteiger partial charge in [-0.3, -0.25) is 10.1 Å². The van der Waals surface area contributed by atoms with Gasteiger partial charge in [0.25, 0.3) is 0 Å². The van der Waals surface area contributed by atoms with Crippen molar-refractivity contribution in [3.63, 3.8) is 0 Å². The third kappa shape index (κ3) is 2.59. The first kappa shape index (κ1) is 10.8. The van der Waals surface area contributed by atoms with Crippen molar-refractivity contribution in [3.05, 3.63) is 35.9 Å². The highest BCUT2D eigenvalue weighted by molar-refractivity contribution is 5.79. The molecule has 0 aliphatic rings. The molecule has 0 aliphatic carbocycles. The lowest BCUT2D eigenvalue weighted by Gasteiger charge is -2.20. The van der Waals surface area contributed by atoms with Gasteiger partial charge in [0.15, 0.2) is 0 Å². The molecule has 0 unspecified atom stereocenters. The van der Waals surface area contributed by atoms with Crippen molar-refractivity contribution in [3.8, 4) is 0 Å². The Balaban J connectivity index is 2.79. The van der Waals surface area contributed by atoms with Crippen molar-refractivity contribution in [2.75, 3.05) is 7.05 Å². The molecule has 14 heavy (non-hydrogen) atoms. The predicted molar refractivity (Wildman–Crippen MR) is 58.0 cm³/mol. The fourth-order valence-electron chi connectivity index (χ4n) is 1.48. The SMILES string of the molecule is CN=C([O])C(C)(C)Cc1ccccc1. The zero-order valence-corrected chi connectivity index (χ0v) is 8.95. The van der Waals surface area contributed by atoms with E-state index in [2.05, 4.69) is 4.99 Å². The summed E-state index contributed by atoms with van der Waals surface area (Å²) in [5.74, 6) is -0.0404. The maximum Gasteiger partial charge on any atom is 0.246 e. The molecule has 0 aromatic heterocycles. The van der Waals surface area contributed by atoms with Crippen LogP contribution in [0.2, 0.25) is 0 Å². The molecule has 0 saturated carbocycles. The first-order valence-electron chi connectivity index (χ1n) is 4.74. The van der Waals surface area contributed by atoms with E-state index in [-0.39, 0.29) is 5.90 Å². The van der Waals surface area contributed by atoms with Crippen molar-refractivity contribution in [1.29, 1.82) is 0 Å². The molecule has 0 fully saturated rings. The summed E-state index contributed by atoms with van der Waals surface area (Å²) in [5.41, 5.74) is 0.783. The lowest BCUT2D eigenvalue weighted by atomic mass is 9.85. The quantitative estimate of drug-likeness (QED) is 0.518. The Morgan fingerprint density at radius 3 is 2.36 bits per heavy atom. The summed E-state index contributed by atoms with van der Waals surface area (Å²) in [6.07, 6.45) is 0.740. The highest BCUT2D eigenvalue weighted by atomic mass is 16.3. The van der Waals surface area contributed by atoms with Crippen molar-refractivity contribution in [2.45, 2.75) is 20.3 Å². The molecule has 1 radical (unpaired) electrons. The van der Waals surface area contributed by atoms with Gasteiger partial charge in [0.2, 0.25) is 5.90 Å². The molecule has 0 spiro atoms. The molecular weight excluding hydrogens is 174 g/mol. The van der Waals surface area contributed by atoms with Crippen molar-refractivity contribution in [1.82, 2.24) is 0 Å². The molecule has 1 aromatic carbocycles. The minimum absolute atomic E-state index is 0.0404. The fraction of sp³-hybridized carbons (Fsp3) is 0.417. The monoisotopic (exact) mass is 190 g/mol. The Kier molecular flexibility index (Phi) is 3.28. The molecule has 2 nitrogen and oxygen atoms in total. The van der Waals surface area contributed by atoms with Gasteiger partial charge in [-0.05, 0) is 12.0 Å². The van der Waals surface area contributed by atoms with Gasteiger partial charge in [-0.15, -0.1) is 0 Å². The van der Waals surface area contributed by atoms with Crippen LogP contribution in [-0.2, 0) is 11.5 Å². The normalized spacial score (nSPS) is 12.9. The van der Waals surface area contributed by atoms with Gasteiger partial charge in [-0.2, -0.15) is 0 Å². The van der Waals surface area contributed by atoms with Crippen LogP contribution in [0.25, 0.3) is 0 Å². The summed E-state index contributed by atoms with van der Waals surface area (Å²) in [6.45, 7) is 3.85. The lowest BCUT2D eigenvalue weighted by molar-refractivity contribution is 0.328. The van der Waals surface area contributed by atoms with Crippen LogP contribution in [0.4, 0.5) is 0 Å². The number of aliphatic imine (C=N–C) groups is 1. The molecule has 0 amide bonds. The van der Waals surface area contributed by atoms with E-state index in [9.17, 15) is 5.11 Å². The average molecular weight is 190 g/mol. The van der Waals surface area contributed by atoms with Gasteiger partial charge in [-0.25, -0.2) is 0 Å². The zero-order chi connectivity index (χ0) is 10.6. The van der Waals surface area contributed by atoms with Crippen LogP contribution in [0.3, 0.4) is 0 Å². The van der Waals surface area contributed by atoms with Crippen LogP contribution in [0.5, 0.6) is 0 Å². The first-order chi connectivity index (χ1) is 6.56. The summed E-state index contributed by atoms with van der Waals surface area (Å²) in [5, 5.41) is 11.5. The summed E-state index contributed by atoms with van der Waals surface area (Å²) in [6, 6.07) is 10.0. The summed E-state index contributed by atoms with van der Waals surface area (Å²) in [4.78, 5) is 3.72. The first-order valence-corrected chi connectivity index (χ1v) is 4.74. The number of hydrogen-bond acceptors (Lipinski definition) is 1. The Labute approximate surface area is 85.3 Å². The second kappa shape index (κ2) is 4.27. The van der Waals surface area contributed by atoms with E-state index in [1.165, 1.54) is 5.56 Å². The average Bonchev–Trinajstić information content (AvgIpc) is 2.17. The van der Waals surface area contributed by atoms with Crippen molar-refractivity contribution < 1.29 is 5.11 Å². The van der Waals surface area contributed by atoms with Crippen LogP contribution in [-0.4, -0.2) is 12.9 Å². The second-order valence-electron chi connectivity index (χ2n) is 4.08. The van der Waals surface area contributed by atoms with Gasteiger partial charge in [0, 0.05) is 12.5 Å². The maximum atomic E-state index is 11.5. The van der Waals surface area contributed by atoms with E-state index in [0.717, 1.165) is 6.42 Å². The van der Waals surface area contributed by atoms with Gasteiger partial charge in [-0.1, -0.05) is 44.2 Å². The van der Waals surface area contributed by atoms with E-state index in [0.29, 0.717) is 0 Å². The fourth-order valence-corrected chi connectivity index (χ4v) is 1.48. The third-order valence-electron chi connectivity index (χ3n) is 2.27. The van der Waals surface area contributed by atoms with Gasteiger partial charge in [0.05, 0.1) is 0 Å². The van der Waals surface area contributed by atoms with Crippen LogP contribution in [0.1, 0.15) is 19.4 Å². The van der Waals surface area contributed by atoms with Gasteiger partial charge >= 0.3 is 0 Å². The number of rotatable bonds is 3. The molecule has 1 aromatic rings. The highest BCUT2D eigenvalue weighted by Gasteiger charge is 2.26. The van der Waals surface area contributed by atoms with E-state index >= 15 is 0 Å². The predicted octanol–water partition coefficient (Wildman–Crippen LogP) is 2.71. The standard InChI is InChI=1S/C12H16NO/c1-12(2,11(14)13-3)9-10-7-5-4-6-8-10/h4-8H,9H2,1-3H3. The molecule has 1 rings (SSSR count). The Morgan fingerprint density at radius 2 is 1.86 bits per heavy atom. The van der Waals surface area contributed by atoms with Crippen molar-refractivity contribution in [2.24, 2.45) is 10.4 Å². The number of nitrogens with zero attached hydrogens (tertiary/aromatic N) is 1. The molecule has 0 aliphatic heterocycles. The zero-order valence-electron chi connectivity index (χ0n) is 8.95. The lowest BCUT2D eigenvalue weighted by Crippen LogP contribution is -2.25. The molecule has 0 N–H and O–H groups in total. The van der Waals surface area contributed by atoms with Gasteiger partial charge in [0.1, 0.15) is 0 Å². The van der Waals surface area contributed by atoms with E-state index < -0.39 is 5.41 Å². The van der Waals surface area contributed by atoms with Crippen LogP contribution < -0.4 is 0 Å². The molecule has 0 atom stereocenters. The van der Waals surface area contributed by atoms with Gasteiger partial charge < -0.3 is 0 Å². The molecule has 0 bridgehead atoms. The Bertz CT molecular complexity index is 314. The minimum Gasteiger partial charge on any atom is -0.272 e. The Hall–Kier alpha value is -1.31. The molecule has 75 valence electrons. The highest BCUT2D eigenvalue weighted by Crippen LogP contribution is 2.22. The van der Waals surface area contributed by atoms with Crippen molar-refractivity contribution >= 4 is 5.90 Å². The smallest absolute Gasteiger partial charge is 0.246 e. The largest absolute Gasteiger partial charge is 0.272 e. The van der Waals surface area contributed by atoms with E-state index in [1.807, 2.05) is 44.2 Å². The molecule has 0 saturated heterocycles. The van der Waals surface area contributed by atoms with Crippen LogP contribution >= 0.6 is 0 Å². The molecular formula is C12H16NO. The van der Waals surface area contributed by atoms with Crippen LogP contribution in [0.15, 0.2) is 35.3 Å². The number of benzene rings is 1. The second-order valence-corrected chi connectivity index (χ2v) is 4.08. The maximum absolute atomic E-state index is 11.5. The number of hydrogen-bond donors (Lipinski definition) is 0. The van der Waals surface area contributed by atoms with E-state index in [1.54, 1.807) is 7.05 Å². The van der Waals surface area contributed by atoms with E-state index in [4.69, 9.17) is 0 Å². The topological polar surface area (TPSA) is 32.3 Å². The summed E-state index contributed by atoms with van der Waals surface area (Å²) < 4.78 is 0.